The molecular formula is C12H18O5. The Labute approximate surface area is 101 Å². The predicted octanol–water partition coefficient (Wildman–Crippen LogP) is 2.58. The van der Waals surface area contributed by atoms with Crippen molar-refractivity contribution in [2.45, 2.75) is 13.8 Å². The minimum absolute atomic E-state index is 0.176. The molecular weight excluding hydrogens is 224 g/mol. The van der Waals surface area contributed by atoms with Crippen LogP contribution >= 0.6 is 0 Å². The average molecular weight is 242 g/mol. The Bertz CT molecular complexity index is 248. The Hall–Kier alpha value is -2.30. The first-order valence-electron chi connectivity index (χ1n) is 4.35. The van der Waals surface area contributed by atoms with Gasteiger partial charge in [-0.25, -0.2) is 9.59 Å². The summed E-state index contributed by atoms with van der Waals surface area (Å²) in [5.74, 6) is -1.87. The second-order valence-electron chi connectivity index (χ2n) is 2.64. The number of hydrogen-bond acceptors (Lipinski definition) is 3. The highest BCUT2D eigenvalue weighted by Crippen LogP contribution is 1.81. The minimum atomic E-state index is -0.935. The minimum Gasteiger partial charge on any atom is -0.478 e. The van der Waals surface area contributed by atoms with Gasteiger partial charge in [-0.15, -0.1) is 0 Å². The fourth-order valence-corrected chi connectivity index (χ4v) is 0.0680. The molecule has 0 heterocycles. The van der Waals surface area contributed by atoms with Gasteiger partial charge in [0.1, 0.15) is 0 Å². The molecule has 2 N–H and O–H groups in total. The van der Waals surface area contributed by atoms with Gasteiger partial charge in [-0.1, -0.05) is 26.3 Å². The van der Waals surface area contributed by atoms with Gasteiger partial charge in [0.2, 0.25) is 0 Å². The van der Waals surface area contributed by atoms with Crippen LogP contribution in [0.2, 0.25) is 0 Å². The highest BCUT2D eigenvalue weighted by molar-refractivity contribution is 5.85. The van der Waals surface area contributed by atoms with E-state index in [0.29, 0.717) is 0 Å². The molecule has 0 bridgehead atoms. The van der Waals surface area contributed by atoms with Crippen molar-refractivity contribution >= 4 is 11.9 Å². The van der Waals surface area contributed by atoms with E-state index in [1.165, 1.54) is 26.4 Å². The van der Waals surface area contributed by atoms with Crippen LogP contribution in [0.4, 0.5) is 0 Å². The third-order valence-electron chi connectivity index (χ3n) is 0.923. The predicted molar refractivity (Wildman–Crippen MR) is 66.4 cm³/mol. The fourth-order valence-electron chi connectivity index (χ4n) is 0.0680. The SMILES string of the molecule is C=C(C)C(=O)O.C=C(C)C(=O)O.C=COC=C. The summed E-state index contributed by atoms with van der Waals surface area (Å²) in [6.45, 7) is 15.7. The summed E-state index contributed by atoms with van der Waals surface area (Å²) in [7, 11) is 0. The van der Waals surface area contributed by atoms with Crippen LogP contribution < -0.4 is 0 Å². The maximum absolute atomic E-state index is 9.60. The van der Waals surface area contributed by atoms with Crippen molar-refractivity contribution in [1.29, 1.82) is 0 Å². The molecule has 0 rings (SSSR count). The van der Waals surface area contributed by atoms with E-state index in [-0.39, 0.29) is 11.1 Å². The standard InChI is InChI=1S/2C4H6O2.C4H6O/c2*1-3(2)4(5)6;1-3-5-4-2/h2*1H2,2H3,(H,5,6);3-4H,1-2H2. The molecule has 0 unspecified atom stereocenters. The molecule has 0 aromatic rings. The monoisotopic (exact) mass is 242 g/mol. The lowest BCUT2D eigenvalue weighted by atomic mass is 10.4. The second kappa shape index (κ2) is 13.7. The number of carboxylic acid groups (broad SMARTS) is 2. The molecule has 0 aliphatic carbocycles. The topological polar surface area (TPSA) is 83.8 Å². The number of ether oxygens (including phenoxy) is 1. The Balaban J connectivity index is -0.000000174. The third kappa shape index (κ3) is 31.6. The first kappa shape index (κ1) is 20.2. The molecule has 0 aromatic heterocycles. The van der Waals surface area contributed by atoms with E-state index in [0.717, 1.165) is 0 Å². The second-order valence-corrected chi connectivity index (χ2v) is 2.64. The van der Waals surface area contributed by atoms with Gasteiger partial charge in [0.25, 0.3) is 0 Å². The van der Waals surface area contributed by atoms with E-state index in [2.05, 4.69) is 31.1 Å². The van der Waals surface area contributed by atoms with Crippen molar-refractivity contribution in [1.82, 2.24) is 0 Å². The summed E-state index contributed by atoms with van der Waals surface area (Å²) in [4.78, 5) is 19.2. The van der Waals surface area contributed by atoms with Crippen LogP contribution in [0.25, 0.3) is 0 Å². The van der Waals surface area contributed by atoms with Crippen molar-refractivity contribution in [3.63, 3.8) is 0 Å². The molecule has 0 saturated heterocycles. The fraction of sp³-hybridized carbons (Fsp3) is 0.167. The lowest BCUT2D eigenvalue weighted by molar-refractivity contribution is -0.133. The van der Waals surface area contributed by atoms with E-state index in [4.69, 9.17) is 10.2 Å². The van der Waals surface area contributed by atoms with Crippen molar-refractivity contribution in [2.24, 2.45) is 0 Å². The molecule has 0 saturated carbocycles. The largest absolute Gasteiger partial charge is 0.478 e. The van der Waals surface area contributed by atoms with Gasteiger partial charge in [-0.2, -0.15) is 0 Å². The molecule has 0 aliphatic rings. The van der Waals surface area contributed by atoms with Crippen LogP contribution in [0.3, 0.4) is 0 Å². The number of carbonyl (C=O) groups is 2. The summed E-state index contributed by atoms with van der Waals surface area (Å²) in [6.07, 6.45) is 2.62. The normalized spacial score (nSPS) is 6.94. The van der Waals surface area contributed by atoms with Gasteiger partial charge in [-0.05, 0) is 13.8 Å². The molecule has 0 aliphatic heterocycles. The molecule has 5 heteroatoms. The molecule has 5 nitrogen and oxygen atoms in total. The molecule has 0 spiro atoms. The molecule has 0 amide bonds. The number of aliphatic carboxylic acids is 2. The Kier molecular flexibility index (Phi) is 16.2. The lowest BCUT2D eigenvalue weighted by Crippen LogP contribution is -1.92. The summed E-state index contributed by atoms with van der Waals surface area (Å²) in [6, 6.07) is 0. The average Bonchev–Trinajstić information content (AvgIpc) is 2.20. The maximum atomic E-state index is 9.60. The van der Waals surface area contributed by atoms with Crippen molar-refractivity contribution in [2.75, 3.05) is 0 Å². The van der Waals surface area contributed by atoms with Gasteiger partial charge >= 0.3 is 11.9 Å². The van der Waals surface area contributed by atoms with Crippen LogP contribution in [0, 0.1) is 0 Å². The highest BCUT2D eigenvalue weighted by Gasteiger charge is 1.90. The molecule has 17 heavy (non-hydrogen) atoms. The quantitative estimate of drug-likeness (QED) is 0.584. The van der Waals surface area contributed by atoms with Gasteiger partial charge in [0.15, 0.2) is 0 Å². The Morgan fingerprint density at radius 1 is 0.941 bits per heavy atom. The van der Waals surface area contributed by atoms with Gasteiger partial charge in [0.05, 0.1) is 12.5 Å². The number of hydrogen-bond donors (Lipinski definition) is 2. The zero-order valence-electron chi connectivity index (χ0n) is 10.1. The summed E-state index contributed by atoms with van der Waals surface area (Å²) >= 11 is 0. The van der Waals surface area contributed by atoms with E-state index in [1.54, 1.807) is 0 Å². The summed E-state index contributed by atoms with van der Waals surface area (Å²) in [5.41, 5.74) is 0.352. The van der Waals surface area contributed by atoms with Crippen LogP contribution in [-0.2, 0) is 14.3 Å². The molecule has 0 fully saturated rings. The highest BCUT2D eigenvalue weighted by atomic mass is 16.5. The molecule has 0 radical (unpaired) electrons. The van der Waals surface area contributed by atoms with Crippen LogP contribution in [0.1, 0.15) is 13.8 Å². The van der Waals surface area contributed by atoms with E-state index >= 15 is 0 Å². The lowest BCUT2D eigenvalue weighted by Gasteiger charge is -1.79. The van der Waals surface area contributed by atoms with Crippen LogP contribution in [0.5, 0.6) is 0 Å². The number of rotatable bonds is 4. The zero-order valence-corrected chi connectivity index (χ0v) is 10.1. The van der Waals surface area contributed by atoms with E-state index < -0.39 is 11.9 Å². The van der Waals surface area contributed by atoms with Crippen molar-refractivity contribution in [3.05, 3.63) is 50.0 Å². The molecule has 0 atom stereocenters. The third-order valence-corrected chi connectivity index (χ3v) is 0.923. The van der Waals surface area contributed by atoms with Gasteiger partial charge in [0, 0.05) is 11.1 Å². The Morgan fingerprint density at radius 3 is 1.12 bits per heavy atom. The first-order chi connectivity index (χ1) is 7.70. The number of carboxylic acids is 2. The molecule has 96 valence electrons. The summed E-state index contributed by atoms with van der Waals surface area (Å²) in [5, 5.41) is 15.8. The van der Waals surface area contributed by atoms with E-state index in [1.807, 2.05) is 0 Å². The van der Waals surface area contributed by atoms with Crippen LogP contribution in [-0.4, -0.2) is 22.2 Å². The van der Waals surface area contributed by atoms with Crippen LogP contribution in [0.15, 0.2) is 50.0 Å². The Morgan fingerprint density at radius 2 is 1.12 bits per heavy atom. The van der Waals surface area contributed by atoms with Gasteiger partial charge < -0.3 is 14.9 Å². The molecule has 0 aromatic carbocycles. The maximum Gasteiger partial charge on any atom is 0.330 e. The first-order valence-corrected chi connectivity index (χ1v) is 4.35. The zero-order chi connectivity index (χ0) is 14.4. The van der Waals surface area contributed by atoms with Crippen molar-refractivity contribution < 1.29 is 24.5 Å². The smallest absolute Gasteiger partial charge is 0.330 e. The summed E-state index contributed by atoms with van der Waals surface area (Å²) < 4.78 is 4.36. The van der Waals surface area contributed by atoms with Gasteiger partial charge in [-0.3, -0.25) is 0 Å². The van der Waals surface area contributed by atoms with Crippen molar-refractivity contribution in [3.8, 4) is 0 Å². The van der Waals surface area contributed by atoms with E-state index in [9.17, 15) is 9.59 Å².